The zero-order valence-electron chi connectivity index (χ0n) is 16.6. The van der Waals surface area contributed by atoms with E-state index in [9.17, 15) is 9.59 Å². The van der Waals surface area contributed by atoms with E-state index < -0.39 is 0 Å². The van der Waals surface area contributed by atoms with Gasteiger partial charge in [-0.05, 0) is 56.7 Å². The Labute approximate surface area is 166 Å². The number of carbonyl (C=O) groups is 2. The number of rotatable bonds is 5. The van der Waals surface area contributed by atoms with Crippen LogP contribution in [0.15, 0.2) is 24.3 Å². The monoisotopic (exact) mass is 386 g/mol. The van der Waals surface area contributed by atoms with E-state index in [1.807, 2.05) is 23.1 Å². The molecule has 28 heavy (non-hydrogen) atoms. The Bertz CT molecular complexity index is 704. The van der Waals surface area contributed by atoms with Crippen LogP contribution in [-0.2, 0) is 9.53 Å². The molecule has 2 heterocycles. The van der Waals surface area contributed by atoms with Gasteiger partial charge in [0.2, 0.25) is 5.91 Å². The second-order valence-corrected chi connectivity index (χ2v) is 8.12. The zero-order valence-corrected chi connectivity index (χ0v) is 16.6. The largest absolute Gasteiger partial charge is 0.497 e. The minimum absolute atomic E-state index is 0.0449. The van der Waals surface area contributed by atoms with Gasteiger partial charge in [0.25, 0.3) is 5.91 Å². The van der Waals surface area contributed by atoms with Gasteiger partial charge in [-0.3, -0.25) is 9.59 Å². The average Bonchev–Trinajstić information content (AvgIpc) is 3.60. The van der Waals surface area contributed by atoms with Crippen molar-refractivity contribution in [2.24, 2.45) is 5.92 Å². The van der Waals surface area contributed by atoms with Gasteiger partial charge in [-0.2, -0.15) is 0 Å². The van der Waals surface area contributed by atoms with Gasteiger partial charge >= 0.3 is 0 Å². The molecule has 3 aliphatic rings. The molecule has 0 atom stereocenters. The van der Waals surface area contributed by atoms with Crippen LogP contribution in [0.1, 0.15) is 48.9 Å². The number of methoxy groups -OCH3 is 1. The summed E-state index contributed by atoms with van der Waals surface area (Å²) >= 11 is 0. The summed E-state index contributed by atoms with van der Waals surface area (Å²) in [5.74, 6) is 1.31. The molecule has 2 aliphatic heterocycles. The molecule has 152 valence electrons. The van der Waals surface area contributed by atoms with E-state index in [0.717, 1.165) is 51.7 Å². The summed E-state index contributed by atoms with van der Waals surface area (Å²) in [6.07, 6.45) is 5.64. The fraction of sp³-hybridized carbons (Fsp3) is 0.636. The van der Waals surface area contributed by atoms with Gasteiger partial charge in [0.05, 0.1) is 7.11 Å². The summed E-state index contributed by atoms with van der Waals surface area (Å²) < 4.78 is 10.7. The molecule has 1 saturated carbocycles. The number of hydrogen-bond acceptors (Lipinski definition) is 4. The highest BCUT2D eigenvalue weighted by Crippen LogP contribution is 2.35. The lowest BCUT2D eigenvalue weighted by molar-refractivity contribution is -0.141. The SMILES string of the molecule is COc1cccc(C(=O)N2CCC(N(C(=O)C3CC3)C3CCOCC3)CC2)c1. The van der Waals surface area contributed by atoms with Crippen LogP contribution in [-0.4, -0.2) is 67.1 Å². The van der Waals surface area contributed by atoms with Crippen LogP contribution < -0.4 is 4.74 Å². The first-order chi connectivity index (χ1) is 13.7. The molecule has 0 spiro atoms. The van der Waals surface area contributed by atoms with Crippen molar-refractivity contribution in [2.45, 2.75) is 50.6 Å². The molecule has 0 bridgehead atoms. The van der Waals surface area contributed by atoms with Gasteiger partial charge in [0.1, 0.15) is 5.75 Å². The van der Waals surface area contributed by atoms with Crippen molar-refractivity contribution >= 4 is 11.8 Å². The minimum Gasteiger partial charge on any atom is -0.497 e. The summed E-state index contributed by atoms with van der Waals surface area (Å²) in [5, 5.41) is 0. The fourth-order valence-electron chi connectivity index (χ4n) is 4.45. The Kier molecular flexibility index (Phi) is 5.85. The zero-order chi connectivity index (χ0) is 19.5. The van der Waals surface area contributed by atoms with Gasteiger partial charge in [-0.1, -0.05) is 6.07 Å². The normalized spacial score (nSPS) is 21.4. The van der Waals surface area contributed by atoms with Crippen LogP contribution in [0.5, 0.6) is 5.75 Å². The molecule has 0 unspecified atom stereocenters. The van der Waals surface area contributed by atoms with Crippen molar-refractivity contribution in [3.8, 4) is 5.75 Å². The summed E-state index contributed by atoms with van der Waals surface area (Å²) in [4.78, 5) is 30.0. The predicted molar refractivity (Wildman–Crippen MR) is 105 cm³/mol. The number of amides is 2. The molecule has 2 saturated heterocycles. The van der Waals surface area contributed by atoms with Gasteiger partial charge in [-0.25, -0.2) is 0 Å². The third kappa shape index (κ3) is 4.17. The highest BCUT2D eigenvalue weighted by molar-refractivity contribution is 5.94. The number of ether oxygens (including phenoxy) is 2. The number of hydrogen-bond donors (Lipinski definition) is 0. The van der Waals surface area contributed by atoms with E-state index in [1.54, 1.807) is 13.2 Å². The van der Waals surface area contributed by atoms with Crippen molar-refractivity contribution < 1.29 is 19.1 Å². The Morgan fingerprint density at radius 1 is 1.04 bits per heavy atom. The molecule has 1 aromatic carbocycles. The van der Waals surface area contributed by atoms with E-state index in [2.05, 4.69) is 4.90 Å². The molecular weight excluding hydrogens is 356 g/mol. The third-order valence-corrected chi connectivity index (χ3v) is 6.23. The topological polar surface area (TPSA) is 59.1 Å². The van der Waals surface area contributed by atoms with E-state index in [-0.39, 0.29) is 17.9 Å². The van der Waals surface area contributed by atoms with Crippen molar-refractivity contribution in [2.75, 3.05) is 33.4 Å². The first-order valence-corrected chi connectivity index (χ1v) is 10.5. The maximum absolute atomic E-state index is 13.0. The number of carbonyl (C=O) groups excluding carboxylic acids is 2. The van der Waals surface area contributed by atoms with Crippen LogP contribution in [0.4, 0.5) is 0 Å². The van der Waals surface area contributed by atoms with Crippen molar-refractivity contribution in [1.29, 1.82) is 0 Å². The lowest BCUT2D eigenvalue weighted by Gasteiger charge is -2.44. The molecule has 6 nitrogen and oxygen atoms in total. The van der Waals surface area contributed by atoms with Gasteiger partial charge in [0.15, 0.2) is 0 Å². The van der Waals surface area contributed by atoms with Crippen LogP contribution in [0.3, 0.4) is 0 Å². The molecule has 6 heteroatoms. The highest BCUT2D eigenvalue weighted by atomic mass is 16.5. The molecule has 0 N–H and O–H groups in total. The number of nitrogens with zero attached hydrogens (tertiary/aromatic N) is 2. The van der Waals surface area contributed by atoms with Crippen molar-refractivity contribution in [3.63, 3.8) is 0 Å². The maximum Gasteiger partial charge on any atom is 0.253 e. The Morgan fingerprint density at radius 2 is 1.71 bits per heavy atom. The first kappa shape index (κ1) is 19.2. The summed E-state index contributed by atoms with van der Waals surface area (Å²) in [6.45, 7) is 2.87. The highest BCUT2D eigenvalue weighted by Gasteiger charge is 2.41. The lowest BCUT2D eigenvalue weighted by atomic mass is 9.96. The van der Waals surface area contributed by atoms with Crippen molar-refractivity contribution in [3.05, 3.63) is 29.8 Å². The van der Waals surface area contributed by atoms with Gasteiger partial charge in [-0.15, -0.1) is 0 Å². The molecule has 0 radical (unpaired) electrons. The minimum atomic E-state index is 0.0449. The molecular formula is C22H30N2O4. The Balaban J connectivity index is 1.41. The lowest BCUT2D eigenvalue weighted by Crippen LogP contribution is -2.54. The van der Waals surface area contributed by atoms with Crippen molar-refractivity contribution in [1.82, 2.24) is 9.80 Å². The van der Waals surface area contributed by atoms with Crippen LogP contribution >= 0.6 is 0 Å². The van der Waals surface area contributed by atoms with Crippen LogP contribution in [0.25, 0.3) is 0 Å². The van der Waals surface area contributed by atoms with E-state index in [4.69, 9.17) is 9.47 Å². The quantitative estimate of drug-likeness (QED) is 0.781. The number of piperidine rings is 1. The molecule has 4 rings (SSSR count). The number of benzene rings is 1. The van der Waals surface area contributed by atoms with E-state index in [0.29, 0.717) is 36.4 Å². The van der Waals surface area contributed by atoms with E-state index in [1.165, 1.54) is 0 Å². The average molecular weight is 386 g/mol. The molecule has 2 amide bonds. The van der Waals surface area contributed by atoms with E-state index >= 15 is 0 Å². The third-order valence-electron chi connectivity index (χ3n) is 6.23. The Morgan fingerprint density at radius 3 is 2.36 bits per heavy atom. The van der Waals surface area contributed by atoms with Crippen LogP contribution in [0.2, 0.25) is 0 Å². The molecule has 0 aromatic heterocycles. The molecule has 1 aliphatic carbocycles. The molecule has 1 aromatic rings. The van der Waals surface area contributed by atoms with Crippen LogP contribution in [0, 0.1) is 5.92 Å². The van der Waals surface area contributed by atoms with Gasteiger partial charge < -0.3 is 19.3 Å². The summed E-state index contributed by atoms with van der Waals surface area (Å²) in [5.41, 5.74) is 0.660. The first-order valence-electron chi connectivity index (χ1n) is 10.5. The predicted octanol–water partition coefficient (Wildman–Crippen LogP) is 2.72. The van der Waals surface area contributed by atoms with Gasteiger partial charge in [0, 0.05) is 49.9 Å². The molecule has 3 fully saturated rings. The fourth-order valence-corrected chi connectivity index (χ4v) is 4.45. The second kappa shape index (κ2) is 8.52. The maximum atomic E-state index is 13.0. The smallest absolute Gasteiger partial charge is 0.253 e. The summed E-state index contributed by atoms with van der Waals surface area (Å²) in [6, 6.07) is 7.86. The number of likely N-dealkylation sites (tertiary alicyclic amines) is 1. The summed E-state index contributed by atoms with van der Waals surface area (Å²) in [7, 11) is 1.61. The standard InChI is InChI=1S/C22H30N2O4/c1-27-20-4-2-3-17(15-20)21(25)23-11-7-18(8-12-23)24(22(26)16-5-6-16)19-9-13-28-14-10-19/h2-4,15-16,18-19H,5-14H2,1H3. The second-order valence-electron chi connectivity index (χ2n) is 8.12. The Hall–Kier alpha value is -2.08.